The molecule has 0 saturated carbocycles. The Morgan fingerprint density at radius 3 is 2.60 bits per heavy atom. The van der Waals surface area contributed by atoms with E-state index in [0.29, 0.717) is 18.6 Å². The van der Waals surface area contributed by atoms with E-state index in [1.807, 2.05) is 54.6 Å². The first kappa shape index (κ1) is 18.1. The van der Waals surface area contributed by atoms with Crippen LogP contribution in [0.4, 0.5) is 0 Å². The molecule has 0 radical (unpaired) electrons. The predicted octanol–water partition coefficient (Wildman–Crippen LogP) is 2.98. The Balaban J connectivity index is 2.02. The first-order valence-electron chi connectivity index (χ1n) is 7.87. The summed E-state index contributed by atoms with van der Waals surface area (Å²) in [6, 6.07) is 19.6. The zero-order chi connectivity index (χ0) is 17.9. The molecule has 0 saturated heterocycles. The Kier molecular flexibility index (Phi) is 7.08. The largest absolute Gasteiger partial charge is 0.489 e. The number of allylic oxidation sites excluding steroid dienone is 1. The number of esters is 1. The SMILES string of the molecule is COC(=O)CN/C=C(\C#N)Cc1ccccc1OCc1ccccc1. The van der Waals surface area contributed by atoms with Gasteiger partial charge in [0, 0.05) is 18.2 Å². The van der Waals surface area contributed by atoms with Crippen molar-refractivity contribution in [3.8, 4) is 11.8 Å². The maximum atomic E-state index is 11.1. The molecule has 25 heavy (non-hydrogen) atoms. The van der Waals surface area contributed by atoms with Crippen molar-refractivity contribution in [1.82, 2.24) is 5.32 Å². The van der Waals surface area contributed by atoms with Gasteiger partial charge in [-0.25, -0.2) is 0 Å². The molecule has 0 heterocycles. The van der Waals surface area contributed by atoms with E-state index in [1.165, 1.54) is 13.3 Å². The summed E-state index contributed by atoms with van der Waals surface area (Å²) in [6.07, 6.45) is 1.94. The number of para-hydroxylation sites is 1. The van der Waals surface area contributed by atoms with E-state index in [2.05, 4.69) is 16.1 Å². The van der Waals surface area contributed by atoms with Gasteiger partial charge in [0.2, 0.25) is 0 Å². The third kappa shape index (κ3) is 6.04. The van der Waals surface area contributed by atoms with Gasteiger partial charge in [-0.15, -0.1) is 0 Å². The highest BCUT2D eigenvalue weighted by Gasteiger charge is 2.07. The summed E-state index contributed by atoms with van der Waals surface area (Å²) < 4.78 is 10.4. The van der Waals surface area contributed by atoms with Crippen molar-refractivity contribution in [3.05, 3.63) is 77.5 Å². The van der Waals surface area contributed by atoms with Gasteiger partial charge in [0.15, 0.2) is 0 Å². The summed E-state index contributed by atoms with van der Waals surface area (Å²) in [7, 11) is 1.32. The lowest BCUT2D eigenvalue weighted by atomic mass is 10.1. The quantitative estimate of drug-likeness (QED) is 0.593. The van der Waals surface area contributed by atoms with Crippen LogP contribution >= 0.6 is 0 Å². The molecule has 1 N–H and O–H groups in total. The second-order valence-corrected chi connectivity index (χ2v) is 5.30. The van der Waals surface area contributed by atoms with Gasteiger partial charge in [-0.1, -0.05) is 48.5 Å². The number of hydrogen-bond acceptors (Lipinski definition) is 5. The van der Waals surface area contributed by atoms with Crippen molar-refractivity contribution < 1.29 is 14.3 Å². The van der Waals surface area contributed by atoms with Crippen LogP contribution < -0.4 is 10.1 Å². The normalized spacial score (nSPS) is 10.6. The first-order valence-corrected chi connectivity index (χ1v) is 7.87. The molecule has 0 fully saturated rings. The molecule has 128 valence electrons. The Hall–Kier alpha value is -3.26. The fourth-order valence-electron chi connectivity index (χ4n) is 2.18. The van der Waals surface area contributed by atoms with Crippen LogP contribution in [0.1, 0.15) is 11.1 Å². The van der Waals surface area contributed by atoms with Crippen molar-refractivity contribution in [2.24, 2.45) is 0 Å². The van der Waals surface area contributed by atoms with Crippen LogP contribution in [0.15, 0.2) is 66.4 Å². The zero-order valence-corrected chi connectivity index (χ0v) is 14.1. The molecule has 0 aliphatic rings. The van der Waals surface area contributed by atoms with Crippen LogP contribution in [-0.2, 0) is 22.6 Å². The molecule has 0 amide bonds. The minimum absolute atomic E-state index is 0.0217. The summed E-state index contributed by atoms with van der Waals surface area (Å²) >= 11 is 0. The standard InChI is InChI=1S/C20H20N2O3/c1-24-20(23)14-22-13-17(12-21)11-18-9-5-6-10-19(18)25-15-16-7-3-2-4-8-16/h2-10,13,22H,11,14-15H2,1H3/b17-13-. The molecule has 0 aliphatic heterocycles. The monoisotopic (exact) mass is 336 g/mol. The number of carbonyl (C=O) groups excluding carboxylic acids is 1. The highest BCUT2D eigenvalue weighted by Crippen LogP contribution is 2.22. The van der Waals surface area contributed by atoms with Gasteiger partial charge >= 0.3 is 5.97 Å². The molecular weight excluding hydrogens is 316 g/mol. The molecule has 5 heteroatoms. The Morgan fingerprint density at radius 1 is 1.16 bits per heavy atom. The molecule has 0 aromatic heterocycles. The second-order valence-electron chi connectivity index (χ2n) is 5.30. The van der Waals surface area contributed by atoms with Gasteiger partial charge in [0.25, 0.3) is 0 Å². The fourth-order valence-corrected chi connectivity index (χ4v) is 2.18. The summed E-state index contributed by atoms with van der Waals surface area (Å²) in [6.45, 7) is 0.484. The summed E-state index contributed by atoms with van der Waals surface area (Å²) in [4.78, 5) is 11.1. The van der Waals surface area contributed by atoms with E-state index < -0.39 is 0 Å². The van der Waals surface area contributed by atoms with Gasteiger partial charge in [0.05, 0.1) is 13.2 Å². The maximum Gasteiger partial charge on any atom is 0.325 e. The predicted molar refractivity (Wildman–Crippen MR) is 94.6 cm³/mol. The average Bonchev–Trinajstić information content (AvgIpc) is 2.67. The summed E-state index contributed by atoms with van der Waals surface area (Å²) in [5.41, 5.74) is 2.49. The molecule has 0 unspecified atom stereocenters. The molecule has 2 aromatic carbocycles. The van der Waals surface area contributed by atoms with Gasteiger partial charge < -0.3 is 14.8 Å². The fraction of sp³-hybridized carbons (Fsp3) is 0.200. The van der Waals surface area contributed by atoms with E-state index in [1.54, 1.807) is 0 Å². The number of methoxy groups -OCH3 is 1. The second kappa shape index (κ2) is 9.78. The van der Waals surface area contributed by atoms with Crippen molar-refractivity contribution in [3.63, 3.8) is 0 Å². The number of benzene rings is 2. The maximum absolute atomic E-state index is 11.1. The summed E-state index contributed by atoms with van der Waals surface area (Å²) in [5.74, 6) is 0.348. The van der Waals surface area contributed by atoms with Crippen LogP contribution in [-0.4, -0.2) is 19.6 Å². The lowest BCUT2D eigenvalue weighted by molar-refractivity contribution is -0.139. The third-order valence-corrected chi connectivity index (χ3v) is 3.48. The van der Waals surface area contributed by atoms with Crippen LogP contribution in [0.3, 0.4) is 0 Å². The van der Waals surface area contributed by atoms with Crippen LogP contribution in [0.2, 0.25) is 0 Å². The Morgan fingerprint density at radius 2 is 1.88 bits per heavy atom. The van der Waals surface area contributed by atoms with Crippen molar-refractivity contribution in [2.75, 3.05) is 13.7 Å². The molecular formula is C20H20N2O3. The number of nitrogens with one attached hydrogen (secondary N) is 1. The Labute approximate surface area is 147 Å². The lowest BCUT2D eigenvalue weighted by Gasteiger charge is -2.11. The average molecular weight is 336 g/mol. The smallest absolute Gasteiger partial charge is 0.325 e. The molecule has 2 rings (SSSR count). The number of hydrogen-bond donors (Lipinski definition) is 1. The van der Waals surface area contributed by atoms with Crippen LogP contribution in [0.5, 0.6) is 5.75 Å². The minimum Gasteiger partial charge on any atom is -0.489 e. The zero-order valence-electron chi connectivity index (χ0n) is 14.1. The molecule has 0 bridgehead atoms. The van der Waals surface area contributed by atoms with E-state index in [9.17, 15) is 10.1 Å². The number of rotatable bonds is 8. The van der Waals surface area contributed by atoms with E-state index in [4.69, 9.17) is 4.74 Å². The molecule has 0 spiro atoms. The number of carbonyl (C=O) groups is 1. The summed E-state index contributed by atoms with van der Waals surface area (Å²) in [5, 5.41) is 12.1. The highest BCUT2D eigenvalue weighted by molar-refractivity contribution is 5.71. The number of nitriles is 1. The molecule has 0 atom stereocenters. The minimum atomic E-state index is -0.389. The number of ether oxygens (including phenoxy) is 2. The van der Waals surface area contributed by atoms with E-state index in [-0.39, 0.29) is 12.5 Å². The van der Waals surface area contributed by atoms with Crippen molar-refractivity contribution >= 4 is 5.97 Å². The van der Waals surface area contributed by atoms with Gasteiger partial charge in [-0.3, -0.25) is 4.79 Å². The van der Waals surface area contributed by atoms with E-state index >= 15 is 0 Å². The van der Waals surface area contributed by atoms with Gasteiger partial charge in [0.1, 0.15) is 18.9 Å². The van der Waals surface area contributed by atoms with Crippen molar-refractivity contribution in [1.29, 1.82) is 5.26 Å². The molecule has 5 nitrogen and oxygen atoms in total. The molecule has 0 aliphatic carbocycles. The van der Waals surface area contributed by atoms with Gasteiger partial charge in [-0.05, 0) is 17.2 Å². The van der Waals surface area contributed by atoms with E-state index in [0.717, 1.165) is 16.9 Å². The topological polar surface area (TPSA) is 71.3 Å². The van der Waals surface area contributed by atoms with Crippen LogP contribution in [0, 0.1) is 11.3 Å². The highest BCUT2D eigenvalue weighted by atomic mass is 16.5. The number of nitrogens with zero attached hydrogens (tertiary/aromatic N) is 1. The van der Waals surface area contributed by atoms with Gasteiger partial charge in [-0.2, -0.15) is 5.26 Å². The third-order valence-electron chi connectivity index (χ3n) is 3.48. The lowest BCUT2D eigenvalue weighted by Crippen LogP contribution is -2.19. The van der Waals surface area contributed by atoms with Crippen LogP contribution in [0.25, 0.3) is 0 Å². The first-order chi connectivity index (χ1) is 12.2. The van der Waals surface area contributed by atoms with Crippen molar-refractivity contribution in [2.45, 2.75) is 13.0 Å². The molecule has 2 aromatic rings. The Bertz CT molecular complexity index is 764.